The Morgan fingerprint density at radius 3 is 2.59 bits per heavy atom. The molecule has 1 aliphatic carbocycles. The van der Waals surface area contributed by atoms with E-state index in [4.69, 9.17) is 0 Å². The van der Waals surface area contributed by atoms with E-state index in [0.717, 1.165) is 19.3 Å². The third-order valence-electron chi connectivity index (χ3n) is 4.90. The van der Waals surface area contributed by atoms with Crippen LogP contribution in [0.25, 0.3) is 0 Å². The first-order valence-electron chi connectivity index (χ1n) is 9.37. The zero-order valence-corrected chi connectivity index (χ0v) is 16.1. The van der Waals surface area contributed by atoms with E-state index in [1.165, 1.54) is 24.5 Å². The van der Waals surface area contributed by atoms with Crippen molar-refractivity contribution in [1.29, 1.82) is 0 Å². The summed E-state index contributed by atoms with van der Waals surface area (Å²) in [6, 6.07) is 4.28. The maximum atomic E-state index is 12.3. The molecule has 3 rings (SSSR count). The van der Waals surface area contributed by atoms with E-state index in [2.05, 4.69) is 21.7 Å². The number of rotatable bonds is 6. The molecule has 0 spiro atoms. The molecule has 1 aromatic heterocycles. The molecule has 1 aliphatic heterocycles. The van der Waals surface area contributed by atoms with Crippen LogP contribution < -0.4 is 10.6 Å². The zero-order chi connectivity index (χ0) is 19.3. The molecule has 2 amide bonds. The number of carbonyl (C=O) groups is 2. The normalized spacial score (nSPS) is 21.3. The van der Waals surface area contributed by atoms with Crippen LogP contribution in [0.2, 0.25) is 0 Å². The minimum Gasteiger partial charge on any atom is -0.350 e. The molecule has 146 valence electrons. The first-order chi connectivity index (χ1) is 12.9. The van der Waals surface area contributed by atoms with E-state index in [9.17, 15) is 18.0 Å². The van der Waals surface area contributed by atoms with Crippen molar-refractivity contribution in [2.24, 2.45) is 0 Å². The van der Waals surface area contributed by atoms with E-state index in [-0.39, 0.29) is 28.8 Å². The maximum absolute atomic E-state index is 12.3. The van der Waals surface area contributed by atoms with E-state index in [0.29, 0.717) is 13.0 Å². The number of hydrogen-bond acceptors (Lipinski definition) is 5. The predicted molar refractivity (Wildman–Crippen MR) is 102 cm³/mol. The summed E-state index contributed by atoms with van der Waals surface area (Å²) in [7, 11) is -3.07. The summed E-state index contributed by atoms with van der Waals surface area (Å²) in [6.07, 6.45) is 8.15. The fourth-order valence-corrected chi connectivity index (χ4v) is 5.09. The predicted octanol–water partition coefficient (Wildman–Crippen LogP) is 1.62. The minimum atomic E-state index is -3.07. The van der Waals surface area contributed by atoms with Crippen molar-refractivity contribution in [1.82, 2.24) is 15.6 Å². The number of sulfone groups is 1. The molecule has 2 aliphatic rings. The van der Waals surface area contributed by atoms with Crippen LogP contribution >= 0.6 is 0 Å². The molecule has 7 nitrogen and oxygen atoms in total. The molecule has 0 aromatic carbocycles. The highest BCUT2D eigenvalue weighted by atomic mass is 32.2. The Kier molecular flexibility index (Phi) is 6.26. The SMILES string of the molecule is O=C(NCCC1=CCCCC1)c1cccc(C(=O)NC2CCS(=O)(=O)C2)n1. The summed E-state index contributed by atoms with van der Waals surface area (Å²) in [5.74, 6) is -0.734. The number of carbonyl (C=O) groups excluding carboxylic acids is 2. The summed E-state index contributed by atoms with van der Waals surface area (Å²) >= 11 is 0. The van der Waals surface area contributed by atoms with Crippen molar-refractivity contribution in [2.75, 3.05) is 18.1 Å². The minimum absolute atomic E-state index is 0.0469. The second-order valence-electron chi connectivity index (χ2n) is 7.10. The van der Waals surface area contributed by atoms with Gasteiger partial charge in [-0.25, -0.2) is 13.4 Å². The second-order valence-corrected chi connectivity index (χ2v) is 9.32. The second kappa shape index (κ2) is 8.65. The molecule has 1 unspecified atom stereocenters. The summed E-state index contributed by atoms with van der Waals surface area (Å²) in [4.78, 5) is 28.7. The number of hydrogen-bond donors (Lipinski definition) is 2. The highest BCUT2D eigenvalue weighted by Crippen LogP contribution is 2.19. The van der Waals surface area contributed by atoms with Crippen molar-refractivity contribution in [2.45, 2.75) is 44.6 Å². The Labute approximate surface area is 159 Å². The van der Waals surface area contributed by atoms with E-state index in [1.54, 1.807) is 12.1 Å². The molecule has 1 aromatic rings. The zero-order valence-electron chi connectivity index (χ0n) is 15.2. The largest absolute Gasteiger partial charge is 0.350 e. The quantitative estimate of drug-likeness (QED) is 0.717. The molecule has 27 heavy (non-hydrogen) atoms. The van der Waals surface area contributed by atoms with Gasteiger partial charge >= 0.3 is 0 Å². The number of pyridine rings is 1. The van der Waals surface area contributed by atoms with Gasteiger partial charge in [-0.3, -0.25) is 9.59 Å². The monoisotopic (exact) mass is 391 g/mol. The highest BCUT2D eigenvalue weighted by molar-refractivity contribution is 7.91. The van der Waals surface area contributed by atoms with Gasteiger partial charge in [0.25, 0.3) is 11.8 Å². The molecule has 0 bridgehead atoms. The summed E-state index contributed by atoms with van der Waals surface area (Å²) in [5.41, 5.74) is 1.68. The summed E-state index contributed by atoms with van der Waals surface area (Å²) in [6.45, 7) is 0.544. The highest BCUT2D eigenvalue weighted by Gasteiger charge is 2.29. The Morgan fingerprint density at radius 1 is 1.15 bits per heavy atom. The van der Waals surface area contributed by atoms with Crippen LogP contribution in [0.4, 0.5) is 0 Å². The molecule has 2 heterocycles. The molecule has 0 radical (unpaired) electrons. The molecule has 1 fully saturated rings. The lowest BCUT2D eigenvalue weighted by Gasteiger charge is -2.13. The van der Waals surface area contributed by atoms with Crippen molar-refractivity contribution in [3.05, 3.63) is 41.2 Å². The van der Waals surface area contributed by atoms with Gasteiger partial charge in [0, 0.05) is 12.6 Å². The molecule has 1 atom stereocenters. The average molecular weight is 391 g/mol. The molecular formula is C19H25N3O4S. The first kappa shape index (κ1) is 19.5. The topological polar surface area (TPSA) is 105 Å². The van der Waals surface area contributed by atoms with Crippen molar-refractivity contribution in [3.63, 3.8) is 0 Å². The third-order valence-corrected chi connectivity index (χ3v) is 6.67. The van der Waals surface area contributed by atoms with Gasteiger partial charge in [-0.15, -0.1) is 0 Å². The number of nitrogens with zero attached hydrogens (tertiary/aromatic N) is 1. The number of nitrogens with one attached hydrogen (secondary N) is 2. The van der Waals surface area contributed by atoms with Gasteiger partial charge in [0.1, 0.15) is 11.4 Å². The smallest absolute Gasteiger partial charge is 0.270 e. The van der Waals surface area contributed by atoms with Crippen LogP contribution in [0.1, 0.15) is 59.5 Å². The number of allylic oxidation sites excluding steroid dienone is 1. The standard InChI is InChI=1S/C19H25N3O4S/c23-18(20-11-9-14-5-2-1-3-6-14)16-7-4-8-17(22-16)19(24)21-15-10-12-27(25,26)13-15/h4-5,7-8,15H,1-3,6,9-13H2,(H,20,23)(H,21,24). The Morgan fingerprint density at radius 2 is 1.93 bits per heavy atom. The van der Waals surface area contributed by atoms with E-state index in [1.807, 2.05) is 0 Å². The molecule has 2 N–H and O–H groups in total. The lowest BCUT2D eigenvalue weighted by atomic mass is 9.97. The third kappa shape index (κ3) is 5.63. The van der Waals surface area contributed by atoms with Crippen molar-refractivity contribution < 1.29 is 18.0 Å². The number of amides is 2. The van der Waals surface area contributed by atoms with Crippen LogP contribution in [0.15, 0.2) is 29.8 Å². The molecular weight excluding hydrogens is 366 g/mol. The fourth-order valence-electron chi connectivity index (χ4n) is 3.41. The van der Waals surface area contributed by atoms with Crippen molar-refractivity contribution >= 4 is 21.7 Å². The lowest BCUT2D eigenvalue weighted by molar-refractivity contribution is 0.0935. The van der Waals surface area contributed by atoms with Crippen LogP contribution in [0, 0.1) is 0 Å². The Balaban J connectivity index is 1.53. The van der Waals surface area contributed by atoms with Gasteiger partial charge in [-0.1, -0.05) is 17.7 Å². The van der Waals surface area contributed by atoms with Gasteiger partial charge in [0.15, 0.2) is 9.84 Å². The fraction of sp³-hybridized carbons (Fsp3) is 0.526. The van der Waals surface area contributed by atoms with E-state index >= 15 is 0 Å². The Bertz CT molecular complexity index is 848. The number of aromatic nitrogens is 1. The van der Waals surface area contributed by atoms with Crippen LogP contribution in [0.3, 0.4) is 0 Å². The van der Waals surface area contributed by atoms with Gasteiger partial charge in [-0.05, 0) is 50.7 Å². The van der Waals surface area contributed by atoms with Gasteiger partial charge < -0.3 is 10.6 Å². The van der Waals surface area contributed by atoms with Crippen LogP contribution in [-0.2, 0) is 9.84 Å². The van der Waals surface area contributed by atoms with Gasteiger partial charge in [-0.2, -0.15) is 0 Å². The van der Waals surface area contributed by atoms with Crippen LogP contribution in [-0.4, -0.2) is 49.3 Å². The average Bonchev–Trinajstić information content (AvgIpc) is 3.01. The summed E-state index contributed by atoms with van der Waals surface area (Å²) in [5, 5.41) is 5.53. The maximum Gasteiger partial charge on any atom is 0.270 e. The molecule has 1 saturated heterocycles. The van der Waals surface area contributed by atoms with Crippen LogP contribution in [0.5, 0.6) is 0 Å². The van der Waals surface area contributed by atoms with Gasteiger partial charge in [0.05, 0.1) is 11.5 Å². The molecule has 8 heteroatoms. The van der Waals surface area contributed by atoms with Gasteiger partial charge in [0.2, 0.25) is 0 Å². The van der Waals surface area contributed by atoms with E-state index < -0.39 is 21.8 Å². The lowest BCUT2D eigenvalue weighted by Crippen LogP contribution is -2.36. The molecule has 0 saturated carbocycles. The first-order valence-corrected chi connectivity index (χ1v) is 11.2. The Hall–Kier alpha value is -2.22. The summed E-state index contributed by atoms with van der Waals surface area (Å²) < 4.78 is 23.0. The van der Waals surface area contributed by atoms with Crippen molar-refractivity contribution in [3.8, 4) is 0 Å².